The SMILES string of the molecule is Fc1ccc(Br)c(CC2CCCCC2CNC2CC2)c1. The Morgan fingerprint density at radius 1 is 1.10 bits per heavy atom. The van der Waals surface area contributed by atoms with Crippen molar-refractivity contribution in [3.8, 4) is 0 Å². The van der Waals surface area contributed by atoms with Gasteiger partial charge in [0.25, 0.3) is 0 Å². The molecule has 0 amide bonds. The molecule has 2 fully saturated rings. The summed E-state index contributed by atoms with van der Waals surface area (Å²) in [6, 6.07) is 5.86. The summed E-state index contributed by atoms with van der Waals surface area (Å²) in [5.74, 6) is 1.35. The summed E-state index contributed by atoms with van der Waals surface area (Å²) in [6.45, 7) is 1.16. The van der Waals surface area contributed by atoms with Gasteiger partial charge in [-0.1, -0.05) is 28.8 Å². The molecule has 20 heavy (non-hydrogen) atoms. The highest BCUT2D eigenvalue weighted by atomic mass is 79.9. The minimum atomic E-state index is -0.119. The van der Waals surface area contributed by atoms with Gasteiger partial charge >= 0.3 is 0 Å². The van der Waals surface area contributed by atoms with Gasteiger partial charge in [0.05, 0.1) is 0 Å². The lowest BCUT2D eigenvalue weighted by Crippen LogP contribution is -2.32. The van der Waals surface area contributed by atoms with Crippen LogP contribution in [0.2, 0.25) is 0 Å². The van der Waals surface area contributed by atoms with Crippen LogP contribution in [-0.4, -0.2) is 12.6 Å². The van der Waals surface area contributed by atoms with E-state index >= 15 is 0 Å². The van der Waals surface area contributed by atoms with Crippen LogP contribution in [0.1, 0.15) is 44.1 Å². The summed E-state index contributed by atoms with van der Waals surface area (Å²) in [6.07, 6.45) is 9.03. The summed E-state index contributed by atoms with van der Waals surface area (Å²) < 4.78 is 14.5. The number of nitrogens with one attached hydrogen (secondary N) is 1. The number of hydrogen-bond acceptors (Lipinski definition) is 1. The maximum Gasteiger partial charge on any atom is 0.123 e. The molecule has 2 aliphatic rings. The molecule has 1 nitrogen and oxygen atoms in total. The second-order valence-corrected chi connectivity index (χ2v) is 7.28. The molecule has 3 rings (SSSR count). The van der Waals surface area contributed by atoms with Crippen LogP contribution in [-0.2, 0) is 6.42 Å². The Bertz CT molecular complexity index is 458. The number of halogens is 2. The lowest BCUT2D eigenvalue weighted by atomic mass is 9.76. The number of hydrogen-bond donors (Lipinski definition) is 1. The first-order valence-corrected chi connectivity index (χ1v) is 8.69. The topological polar surface area (TPSA) is 12.0 Å². The van der Waals surface area contributed by atoms with Crippen LogP contribution in [0.5, 0.6) is 0 Å². The predicted octanol–water partition coefficient (Wildman–Crippen LogP) is 4.69. The fraction of sp³-hybridized carbons (Fsp3) is 0.647. The van der Waals surface area contributed by atoms with E-state index in [0.717, 1.165) is 35.0 Å². The normalized spacial score (nSPS) is 26.7. The van der Waals surface area contributed by atoms with Crippen LogP contribution in [0.25, 0.3) is 0 Å². The smallest absolute Gasteiger partial charge is 0.123 e. The third kappa shape index (κ3) is 3.82. The zero-order valence-corrected chi connectivity index (χ0v) is 13.5. The van der Waals surface area contributed by atoms with Crippen LogP contribution in [0.3, 0.4) is 0 Å². The molecule has 0 aliphatic heterocycles. The van der Waals surface area contributed by atoms with Crippen molar-refractivity contribution in [3.05, 3.63) is 34.1 Å². The Kier molecular flexibility index (Phi) is 4.77. The summed E-state index contributed by atoms with van der Waals surface area (Å²) in [4.78, 5) is 0. The number of benzene rings is 1. The van der Waals surface area contributed by atoms with Crippen LogP contribution in [0, 0.1) is 17.7 Å². The van der Waals surface area contributed by atoms with Crippen molar-refractivity contribution in [2.75, 3.05) is 6.54 Å². The van der Waals surface area contributed by atoms with Gasteiger partial charge in [-0.15, -0.1) is 0 Å². The molecule has 0 aromatic heterocycles. The summed E-state index contributed by atoms with van der Waals surface area (Å²) >= 11 is 3.57. The lowest BCUT2D eigenvalue weighted by Gasteiger charge is -2.32. The molecular formula is C17H23BrFN. The Balaban J connectivity index is 1.64. The molecule has 3 heteroatoms. The third-order valence-electron chi connectivity index (χ3n) is 4.80. The largest absolute Gasteiger partial charge is 0.314 e. The molecule has 1 aromatic rings. The zero-order chi connectivity index (χ0) is 13.9. The molecular weight excluding hydrogens is 317 g/mol. The highest BCUT2D eigenvalue weighted by Gasteiger charge is 2.28. The Morgan fingerprint density at radius 3 is 2.60 bits per heavy atom. The van der Waals surface area contributed by atoms with Gasteiger partial charge in [-0.3, -0.25) is 0 Å². The molecule has 0 spiro atoms. The second-order valence-electron chi connectivity index (χ2n) is 6.43. The van der Waals surface area contributed by atoms with Crippen molar-refractivity contribution in [3.63, 3.8) is 0 Å². The third-order valence-corrected chi connectivity index (χ3v) is 5.58. The van der Waals surface area contributed by atoms with E-state index in [-0.39, 0.29) is 5.82 Å². The lowest BCUT2D eigenvalue weighted by molar-refractivity contribution is 0.227. The molecule has 1 aromatic carbocycles. The van der Waals surface area contributed by atoms with Gasteiger partial charge in [-0.05, 0) is 74.2 Å². The predicted molar refractivity (Wildman–Crippen MR) is 84.3 cm³/mol. The van der Waals surface area contributed by atoms with Crippen molar-refractivity contribution in [1.29, 1.82) is 0 Å². The Hall–Kier alpha value is -0.410. The van der Waals surface area contributed by atoms with Crippen LogP contribution in [0.15, 0.2) is 22.7 Å². The molecule has 0 saturated heterocycles. The van der Waals surface area contributed by atoms with E-state index in [4.69, 9.17) is 0 Å². The first-order valence-electron chi connectivity index (χ1n) is 7.89. The molecule has 0 heterocycles. The van der Waals surface area contributed by atoms with Gasteiger partial charge in [0.1, 0.15) is 5.82 Å². The van der Waals surface area contributed by atoms with E-state index in [1.165, 1.54) is 44.6 Å². The van der Waals surface area contributed by atoms with Gasteiger partial charge in [0.2, 0.25) is 0 Å². The van der Waals surface area contributed by atoms with Crippen molar-refractivity contribution in [2.24, 2.45) is 11.8 Å². The van der Waals surface area contributed by atoms with Gasteiger partial charge in [-0.2, -0.15) is 0 Å². The van der Waals surface area contributed by atoms with Gasteiger partial charge in [-0.25, -0.2) is 4.39 Å². The Morgan fingerprint density at radius 2 is 1.85 bits per heavy atom. The fourth-order valence-corrected chi connectivity index (χ4v) is 3.82. The van der Waals surface area contributed by atoms with Crippen LogP contribution in [0.4, 0.5) is 4.39 Å². The highest BCUT2D eigenvalue weighted by molar-refractivity contribution is 9.10. The van der Waals surface area contributed by atoms with E-state index in [1.54, 1.807) is 6.07 Å². The summed E-state index contributed by atoms with van der Waals surface area (Å²) in [7, 11) is 0. The zero-order valence-electron chi connectivity index (χ0n) is 11.9. The van der Waals surface area contributed by atoms with Crippen LogP contribution >= 0.6 is 15.9 Å². The molecule has 1 N–H and O–H groups in total. The molecule has 2 saturated carbocycles. The maximum absolute atomic E-state index is 13.4. The average Bonchev–Trinajstić information content (AvgIpc) is 3.26. The maximum atomic E-state index is 13.4. The van der Waals surface area contributed by atoms with Crippen LogP contribution < -0.4 is 5.32 Å². The van der Waals surface area contributed by atoms with Gasteiger partial charge in [0.15, 0.2) is 0 Å². The van der Waals surface area contributed by atoms with E-state index < -0.39 is 0 Å². The van der Waals surface area contributed by atoms with E-state index in [2.05, 4.69) is 21.2 Å². The first-order chi connectivity index (χ1) is 9.72. The Labute approximate surface area is 129 Å². The minimum Gasteiger partial charge on any atom is -0.314 e. The standard InChI is InChI=1S/C17H23BrFN/c18-17-8-5-15(19)10-14(17)9-12-3-1-2-4-13(12)11-20-16-6-7-16/h5,8,10,12-13,16,20H,1-4,6-7,9,11H2. The van der Waals surface area contributed by atoms with E-state index in [1.807, 2.05) is 6.07 Å². The fourth-order valence-electron chi connectivity index (χ4n) is 3.41. The molecule has 2 atom stereocenters. The van der Waals surface area contributed by atoms with E-state index in [0.29, 0.717) is 5.92 Å². The van der Waals surface area contributed by atoms with Crippen molar-refractivity contribution < 1.29 is 4.39 Å². The summed E-state index contributed by atoms with van der Waals surface area (Å²) in [5.41, 5.74) is 1.13. The average molecular weight is 340 g/mol. The minimum absolute atomic E-state index is 0.119. The molecule has 0 radical (unpaired) electrons. The van der Waals surface area contributed by atoms with Gasteiger partial charge < -0.3 is 5.32 Å². The van der Waals surface area contributed by atoms with Crippen molar-refractivity contribution >= 4 is 15.9 Å². The quantitative estimate of drug-likeness (QED) is 0.820. The van der Waals surface area contributed by atoms with Gasteiger partial charge in [0, 0.05) is 10.5 Å². The first kappa shape index (κ1) is 14.5. The second kappa shape index (κ2) is 6.57. The van der Waals surface area contributed by atoms with E-state index in [9.17, 15) is 4.39 Å². The van der Waals surface area contributed by atoms with Crippen molar-refractivity contribution in [2.45, 2.75) is 51.0 Å². The highest BCUT2D eigenvalue weighted by Crippen LogP contribution is 2.34. The molecule has 0 bridgehead atoms. The molecule has 110 valence electrons. The number of rotatable bonds is 5. The van der Waals surface area contributed by atoms with Crippen molar-refractivity contribution in [1.82, 2.24) is 5.32 Å². The summed E-state index contributed by atoms with van der Waals surface area (Å²) in [5, 5.41) is 3.68. The monoisotopic (exact) mass is 339 g/mol. The molecule has 2 unspecified atom stereocenters. The molecule has 2 aliphatic carbocycles.